The second-order valence-electron chi connectivity index (χ2n) is 5.81. The monoisotopic (exact) mass is 213 g/mol. The quantitative estimate of drug-likeness (QED) is 0.648. The maximum atomic E-state index is 10.0. The van der Waals surface area contributed by atoms with Crippen LogP contribution in [-0.4, -0.2) is 17.1 Å². The number of fused-ring (bicyclic) bond motifs is 1. The van der Waals surface area contributed by atoms with Crippen molar-refractivity contribution < 1.29 is 9.90 Å². The van der Waals surface area contributed by atoms with Gasteiger partial charge in [-0.1, -0.05) is 12.8 Å². The summed E-state index contributed by atoms with van der Waals surface area (Å²) in [6, 6.07) is 0.578. The normalized spacial score (nSPS) is 33.5. The number of carbonyl (C=O) groups is 1. The molecule has 0 aromatic rings. The fraction of sp³-hybridized carbons (Fsp3) is 0.917. The Balaban J connectivity index is 0.000000153. The van der Waals surface area contributed by atoms with E-state index in [0.717, 1.165) is 11.8 Å². The van der Waals surface area contributed by atoms with Gasteiger partial charge >= 0.3 is 5.97 Å². The molecule has 0 aromatic heterocycles. The topological polar surface area (TPSA) is 63.3 Å². The number of hydrogen-bond donors (Lipinski definition) is 2. The van der Waals surface area contributed by atoms with Gasteiger partial charge in [0, 0.05) is 6.04 Å². The fourth-order valence-corrected chi connectivity index (χ4v) is 1.96. The Labute approximate surface area is 92.0 Å². The van der Waals surface area contributed by atoms with Crippen LogP contribution in [0.2, 0.25) is 0 Å². The Kier molecular flexibility index (Phi) is 3.77. The maximum absolute atomic E-state index is 10.0. The van der Waals surface area contributed by atoms with Crippen LogP contribution in [0, 0.1) is 17.3 Å². The molecule has 0 aromatic carbocycles. The van der Waals surface area contributed by atoms with Crippen LogP contribution in [0.3, 0.4) is 0 Å². The summed E-state index contributed by atoms with van der Waals surface area (Å²) in [5.41, 5.74) is 5.24. The smallest absolute Gasteiger partial charge is 0.308 e. The second kappa shape index (κ2) is 4.52. The lowest BCUT2D eigenvalue weighted by Gasteiger charge is -2.15. The van der Waals surface area contributed by atoms with Gasteiger partial charge < -0.3 is 10.8 Å². The van der Waals surface area contributed by atoms with Crippen LogP contribution in [0.5, 0.6) is 0 Å². The van der Waals surface area contributed by atoms with Gasteiger partial charge in [-0.25, -0.2) is 0 Å². The lowest BCUT2D eigenvalue weighted by atomic mass is 9.96. The predicted octanol–water partition coefficient (Wildman–Crippen LogP) is 2.25. The molecule has 2 saturated carbocycles. The second-order valence-corrected chi connectivity index (χ2v) is 5.81. The van der Waals surface area contributed by atoms with E-state index in [0.29, 0.717) is 6.04 Å². The molecule has 88 valence electrons. The van der Waals surface area contributed by atoms with E-state index in [1.54, 1.807) is 20.8 Å². The van der Waals surface area contributed by atoms with E-state index in [4.69, 9.17) is 10.8 Å². The first-order valence-corrected chi connectivity index (χ1v) is 5.81. The van der Waals surface area contributed by atoms with Crippen LogP contribution in [-0.2, 0) is 4.79 Å². The van der Waals surface area contributed by atoms with Gasteiger partial charge in [-0.3, -0.25) is 4.79 Å². The molecule has 3 nitrogen and oxygen atoms in total. The van der Waals surface area contributed by atoms with Crippen LogP contribution in [0.4, 0.5) is 0 Å². The zero-order chi connectivity index (χ0) is 11.6. The fourth-order valence-electron chi connectivity index (χ4n) is 1.96. The third-order valence-electron chi connectivity index (χ3n) is 3.28. The number of aliphatic carboxylic acids is 1. The highest BCUT2D eigenvalue weighted by Gasteiger charge is 2.43. The van der Waals surface area contributed by atoms with Crippen LogP contribution in [0.15, 0.2) is 0 Å². The van der Waals surface area contributed by atoms with E-state index in [1.807, 2.05) is 0 Å². The molecule has 0 saturated heterocycles. The van der Waals surface area contributed by atoms with Crippen molar-refractivity contribution in [3.63, 3.8) is 0 Å². The standard InChI is InChI=1S/C7H13N.C5H10O2/c8-7-3-1-2-5-4-6(5)7;1-5(2,3)4(6)7/h5-7H,1-4,8H2;1-3H3,(H,6,7)/t5-,6+,7-;/m0./s1. The molecular weight excluding hydrogens is 190 g/mol. The van der Waals surface area contributed by atoms with Gasteiger partial charge in [0.1, 0.15) is 0 Å². The zero-order valence-electron chi connectivity index (χ0n) is 9.99. The van der Waals surface area contributed by atoms with Gasteiger partial charge in [0.05, 0.1) is 5.41 Å². The van der Waals surface area contributed by atoms with Gasteiger partial charge in [0.2, 0.25) is 0 Å². The first kappa shape index (κ1) is 12.5. The van der Waals surface area contributed by atoms with Crippen molar-refractivity contribution in [1.29, 1.82) is 0 Å². The minimum Gasteiger partial charge on any atom is -0.481 e. The predicted molar refractivity (Wildman–Crippen MR) is 60.5 cm³/mol. The Bertz CT molecular complexity index is 232. The number of carboxylic acid groups (broad SMARTS) is 1. The summed E-state index contributed by atoms with van der Waals surface area (Å²) in [6.45, 7) is 4.99. The molecule has 2 fully saturated rings. The van der Waals surface area contributed by atoms with Crippen molar-refractivity contribution >= 4 is 5.97 Å². The molecule has 0 amide bonds. The van der Waals surface area contributed by atoms with E-state index in [2.05, 4.69) is 0 Å². The molecule has 2 rings (SSSR count). The Morgan fingerprint density at radius 2 is 1.87 bits per heavy atom. The number of nitrogens with two attached hydrogens (primary N) is 1. The van der Waals surface area contributed by atoms with Crippen molar-refractivity contribution in [3.8, 4) is 0 Å². The summed E-state index contributed by atoms with van der Waals surface area (Å²) >= 11 is 0. The highest BCUT2D eigenvalue weighted by atomic mass is 16.4. The molecule has 15 heavy (non-hydrogen) atoms. The molecule has 0 bridgehead atoms. The summed E-state index contributed by atoms with van der Waals surface area (Å²) < 4.78 is 0. The van der Waals surface area contributed by atoms with E-state index < -0.39 is 11.4 Å². The highest BCUT2D eigenvalue weighted by molar-refractivity contribution is 5.72. The van der Waals surface area contributed by atoms with Gasteiger partial charge in [0.15, 0.2) is 0 Å². The van der Waals surface area contributed by atoms with Crippen LogP contribution in [0.1, 0.15) is 46.5 Å². The van der Waals surface area contributed by atoms with Crippen molar-refractivity contribution in [2.24, 2.45) is 23.0 Å². The molecular formula is C12H23NO2. The Hall–Kier alpha value is -0.570. The van der Waals surface area contributed by atoms with Crippen molar-refractivity contribution in [2.75, 3.05) is 0 Å². The largest absolute Gasteiger partial charge is 0.481 e. The maximum Gasteiger partial charge on any atom is 0.308 e. The molecule has 0 spiro atoms. The summed E-state index contributed by atoms with van der Waals surface area (Å²) in [5, 5.41) is 8.25. The van der Waals surface area contributed by atoms with Crippen LogP contribution >= 0.6 is 0 Å². The summed E-state index contributed by atoms with van der Waals surface area (Å²) in [6.07, 6.45) is 5.60. The summed E-state index contributed by atoms with van der Waals surface area (Å²) in [7, 11) is 0. The van der Waals surface area contributed by atoms with Gasteiger partial charge in [-0.15, -0.1) is 0 Å². The molecule has 0 radical (unpaired) electrons. The highest BCUT2D eigenvalue weighted by Crippen LogP contribution is 2.48. The number of hydrogen-bond acceptors (Lipinski definition) is 2. The molecule has 2 aliphatic carbocycles. The Morgan fingerprint density at radius 3 is 2.20 bits per heavy atom. The molecule has 3 atom stereocenters. The van der Waals surface area contributed by atoms with E-state index in [1.165, 1.54) is 25.7 Å². The summed E-state index contributed by atoms with van der Waals surface area (Å²) in [5.74, 6) is 1.25. The first-order chi connectivity index (χ1) is 6.82. The third kappa shape index (κ3) is 3.82. The van der Waals surface area contributed by atoms with Crippen LogP contribution < -0.4 is 5.73 Å². The third-order valence-corrected chi connectivity index (χ3v) is 3.28. The molecule has 2 aliphatic rings. The minimum absolute atomic E-state index is 0.578. The molecule has 3 N–H and O–H groups in total. The molecule has 0 aliphatic heterocycles. The van der Waals surface area contributed by atoms with Gasteiger partial charge in [0.25, 0.3) is 0 Å². The molecule has 3 heteroatoms. The lowest BCUT2D eigenvalue weighted by molar-refractivity contribution is -0.145. The van der Waals surface area contributed by atoms with Gasteiger partial charge in [-0.2, -0.15) is 0 Å². The zero-order valence-corrected chi connectivity index (χ0v) is 9.99. The SMILES string of the molecule is CC(C)(C)C(=O)O.N[C@H]1CCC[C@H]2C[C@H]21. The Morgan fingerprint density at radius 1 is 1.33 bits per heavy atom. The van der Waals surface area contributed by atoms with Gasteiger partial charge in [-0.05, 0) is 45.4 Å². The van der Waals surface area contributed by atoms with E-state index in [-0.39, 0.29) is 0 Å². The average Bonchev–Trinajstić information content (AvgIpc) is 2.83. The summed E-state index contributed by atoms with van der Waals surface area (Å²) in [4.78, 5) is 10.0. The lowest BCUT2D eigenvalue weighted by Crippen LogP contribution is -2.25. The molecule has 0 heterocycles. The van der Waals surface area contributed by atoms with Crippen molar-refractivity contribution in [1.82, 2.24) is 0 Å². The minimum atomic E-state index is -0.757. The molecule has 0 unspecified atom stereocenters. The van der Waals surface area contributed by atoms with E-state index >= 15 is 0 Å². The van der Waals surface area contributed by atoms with Crippen molar-refractivity contribution in [3.05, 3.63) is 0 Å². The average molecular weight is 213 g/mol. The van der Waals surface area contributed by atoms with Crippen LogP contribution in [0.25, 0.3) is 0 Å². The first-order valence-electron chi connectivity index (χ1n) is 5.81. The van der Waals surface area contributed by atoms with E-state index in [9.17, 15) is 4.79 Å². The number of carboxylic acids is 1. The van der Waals surface area contributed by atoms with Crippen molar-refractivity contribution in [2.45, 2.75) is 52.5 Å². The number of rotatable bonds is 0.